The zero-order valence-electron chi connectivity index (χ0n) is 14.0. The van der Waals surface area contributed by atoms with Gasteiger partial charge < -0.3 is 14.5 Å². The molecule has 2 fully saturated rings. The fourth-order valence-electron chi connectivity index (χ4n) is 3.29. The maximum Gasteiger partial charge on any atom is 0.234 e. The van der Waals surface area contributed by atoms with Crippen LogP contribution in [0.1, 0.15) is 24.3 Å². The lowest BCUT2D eigenvalue weighted by Gasteiger charge is -2.34. The molecule has 0 bridgehead atoms. The summed E-state index contributed by atoms with van der Waals surface area (Å²) in [4.78, 5) is 27.6. The summed E-state index contributed by atoms with van der Waals surface area (Å²) < 4.78 is 20.1. The summed E-state index contributed by atoms with van der Waals surface area (Å²) in [5.74, 6) is -1.12. The third-order valence-electron chi connectivity index (χ3n) is 4.76. The van der Waals surface area contributed by atoms with Crippen molar-refractivity contribution in [2.24, 2.45) is 0 Å². The van der Waals surface area contributed by atoms with Gasteiger partial charge in [-0.1, -0.05) is 0 Å². The number of carbonyl (C=O) groups is 2. The monoisotopic (exact) mass is 335 g/mol. The molecular formula is C17H22FN3O3. The van der Waals surface area contributed by atoms with E-state index in [1.165, 1.54) is 13.2 Å². The normalized spacial score (nSPS) is 22.5. The molecule has 1 aromatic rings. The molecule has 2 aliphatic rings. The number of rotatable bonds is 3. The van der Waals surface area contributed by atoms with Gasteiger partial charge in [-0.3, -0.25) is 14.9 Å². The van der Waals surface area contributed by atoms with Crippen LogP contribution in [0.4, 0.5) is 10.1 Å². The molecule has 24 heavy (non-hydrogen) atoms. The SMILES string of the molecule is COc1cc(N2CCN(C)CC2)c(F)cc1C1CCC(=O)NC1=O. The summed E-state index contributed by atoms with van der Waals surface area (Å²) in [5.41, 5.74) is 0.994. The average Bonchev–Trinajstić information content (AvgIpc) is 2.56. The van der Waals surface area contributed by atoms with Crippen LogP contribution in [0.15, 0.2) is 12.1 Å². The first kappa shape index (κ1) is 16.7. The summed E-state index contributed by atoms with van der Waals surface area (Å²) in [6, 6.07) is 3.05. The highest BCUT2D eigenvalue weighted by molar-refractivity contribution is 6.01. The number of nitrogens with zero attached hydrogens (tertiary/aromatic N) is 2. The van der Waals surface area contributed by atoms with E-state index >= 15 is 0 Å². The highest BCUT2D eigenvalue weighted by atomic mass is 19.1. The second kappa shape index (κ2) is 6.76. The number of ether oxygens (including phenoxy) is 1. The topological polar surface area (TPSA) is 61.9 Å². The van der Waals surface area contributed by atoms with Crippen molar-refractivity contribution in [2.45, 2.75) is 18.8 Å². The van der Waals surface area contributed by atoms with Gasteiger partial charge in [0.1, 0.15) is 11.6 Å². The minimum Gasteiger partial charge on any atom is -0.496 e. The highest BCUT2D eigenvalue weighted by Crippen LogP contribution is 2.36. The van der Waals surface area contributed by atoms with Gasteiger partial charge in [-0.2, -0.15) is 0 Å². The minimum atomic E-state index is -0.561. The van der Waals surface area contributed by atoms with Crippen LogP contribution in [0.5, 0.6) is 5.75 Å². The Morgan fingerprint density at radius 3 is 2.54 bits per heavy atom. The number of halogens is 1. The first-order chi connectivity index (χ1) is 11.5. The summed E-state index contributed by atoms with van der Waals surface area (Å²) in [6.07, 6.45) is 0.621. The summed E-state index contributed by atoms with van der Waals surface area (Å²) in [5, 5.41) is 2.31. The molecule has 3 rings (SSSR count). The Labute approximate surface area is 140 Å². The van der Waals surface area contributed by atoms with Gasteiger partial charge in [-0.25, -0.2) is 4.39 Å². The molecule has 2 saturated heterocycles. The number of anilines is 1. The van der Waals surface area contributed by atoms with E-state index in [4.69, 9.17) is 4.74 Å². The van der Waals surface area contributed by atoms with E-state index in [0.29, 0.717) is 23.4 Å². The maximum absolute atomic E-state index is 14.7. The zero-order chi connectivity index (χ0) is 17.3. The lowest BCUT2D eigenvalue weighted by atomic mass is 9.89. The second-order valence-corrected chi connectivity index (χ2v) is 6.34. The van der Waals surface area contributed by atoms with Gasteiger partial charge in [0.25, 0.3) is 0 Å². The molecule has 0 radical (unpaired) electrons. The summed E-state index contributed by atoms with van der Waals surface area (Å²) in [6.45, 7) is 3.23. The lowest BCUT2D eigenvalue weighted by Crippen LogP contribution is -2.44. The Bertz CT molecular complexity index is 657. The van der Waals surface area contributed by atoms with Crippen molar-refractivity contribution in [3.8, 4) is 5.75 Å². The summed E-state index contributed by atoms with van der Waals surface area (Å²) in [7, 11) is 3.55. The third-order valence-corrected chi connectivity index (χ3v) is 4.76. The molecule has 6 nitrogen and oxygen atoms in total. The number of hydrogen-bond donors (Lipinski definition) is 1. The quantitative estimate of drug-likeness (QED) is 0.839. The fourth-order valence-corrected chi connectivity index (χ4v) is 3.29. The van der Waals surface area contributed by atoms with Crippen LogP contribution in [-0.2, 0) is 9.59 Å². The van der Waals surface area contributed by atoms with E-state index in [9.17, 15) is 14.0 Å². The standard InChI is InChI=1S/C17H22FN3O3/c1-20-5-7-21(8-6-20)14-10-15(24-2)12(9-13(14)18)11-3-4-16(22)19-17(11)23/h9-11H,3-8H2,1-2H3,(H,19,22,23). The molecule has 2 aliphatic heterocycles. The van der Waals surface area contributed by atoms with E-state index in [2.05, 4.69) is 10.2 Å². The van der Waals surface area contributed by atoms with E-state index < -0.39 is 11.8 Å². The molecule has 0 spiro atoms. The van der Waals surface area contributed by atoms with Crippen LogP contribution in [0.3, 0.4) is 0 Å². The Morgan fingerprint density at radius 2 is 1.92 bits per heavy atom. The molecular weight excluding hydrogens is 313 g/mol. The van der Waals surface area contributed by atoms with Gasteiger partial charge in [0.15, 0.2) is 0 Å². The van der Waals surface area contributed by atoms with Gasteiger partial charge in [0.2, 0.25) is 11.8 Å². The van der Waals surface area contributed by atoms with Crippen LogP contribution in [-0.4, -0.2) is 57.1 Å². The number of hydrogen-bond acceptors (Lipinski definition) is 5. The third kappa shape index (κ3) is 3.21. The van der Waals surface area contributed by atoms with Gasteiger partial charge in [0.05, 0.1) is 18.7 Å². The number of carbonyl (C=O) groups excluding carboxylic acids is 2. The van der Waals surface area contributed by atoms with Crippen molar-refractivity contribution < 1.29 is 18.7 Å². The van der Waals surface area contributed by atoms with Crippen LogP contribution in [0.2, 0.25) is 0 Å². The van der Waals surface area contributed by atoms with E-state index in [0.717, 1.165) is 26.2 Å². The number of piperazine rings is 1. The molecule has 2 heterocycles. The number of imide groups is 1. The fraction of sp³-hybridized carbons (Fsp3) is 0.529. The van der Waals surface area contributed by atoms with Crippen molar-refractivity contribution in [3.05, 3.63) is 23.5 Å². The first-order valence-corrected chi connectivity index (χ1v) is 8.14. The predicted octanol–water partition coefficient (Wildman–Crippen LogP) is 1.11. The first-order valence-electron chi connectivity index (χ1n) is 8.14. The number of likely N-dealkylation sites (N-methyl/N-ethyl adjacent to an activating group) is 1. The number of methoxy groups -OCH3 is 1. The molecule has 0 saturated carbocycles. The zero-order valence-corrected chi connectivity index (χ0v) is 14.0. The molecule has 7 heteroatoms. The van der Waals surface area contributed by atoms with Crippen LogP contribution in [0, 0.1) is 5.82 Å². The molecule has 1 atom stereocenters. The number of piperidine rings is 1. The number of amides is 2. The smallest absolute Gasteiger partial charge is 0.234 e. The van der Waals surface area contributed by atoms with E-state index in [1.54, 1.807) is 6.07 Å². The molecule has 1 N–H and O–H groups in total. The van der Waals surface area contributed by atoms with Crippen LogP contribution in [0.25, 0.3) is 0 Å². The van der Waals surface area contributed by atoms with Gasteiger partial charge in [0, 0.05) is 44.2 Å². The van der Waals surface area contributed by atoms with E-state index in [1.807, 2.05) is 11.9 Å². The van der Waals surface area contributed by atoms with Crippen molar-refractivity contribution in [3.63, 3.8) is 0 Å². The Balaban J connectivity index is 1.90. The van der Waals surface area contributed by atoms with Gasteiger partial charge in [-0.05, 0) is 19.5 Å². The van der Waals surface area contributed by atoms with Crippen molar-refractivity contribution in [1.82, 2.24) is 10.2 Å². The lowest BCUT2D eigenvalue weighted by molar-refractivity contribution is -0.134. The number of nitrogens with one attached hydrogen (secondary N) is 1. The van der Waals surface area contributed by atoms with Crippen molar-refractivity contribution in [1.29, 1.82) is 0 Å². The molecule has 1 aromatic carbocycles. The van der Waals surface area contributed by atoms with Crippen molar-refractivity contribution in [2.75, 3.05) is 45.2 Å². The molecule has 130 valence electrons. The number of benzene rings is 1. The molecule has 0 aromatic heterocycles. The predicted molar refractivity (Wildman–Crippen MR) is 87.8 cm³/mol. The van der Waals surface area contributed by atoms with Crippen LogP contribution >= 0.6 is 0 Å². The van der Waals surface area contributed by atoms with Crippen molar-refractivity contribution >= 4 is 17.5 Å². The maximum atomic E-state index is 14.7. The Morgan fingerprint density at radius 1 is 1.21 bits per heavy atom. The van der Waals surface area contributed by atoms with Gasteiger partial charge in [-0.15, -0.1) is 0 Å². The Hall–Kier alpha value is -2.15. The minimum absolute atomic E-state index is 0.251. The Kier molecular flexibility index (Phi) is 4.71. The van der Waals surface area contributed by atoms with E-state index in [-0.39, 0.29) is 18.1 Å². The van der Waals surface area contributed by atoms with Gasteiger partial charge >= 0.3 is 0 Å². The molecule has 1 unspecified atom stereocenters. The van der Waals surface area contributed by atoms with Crippen LogP contribution < -0.4 is 15.0 Å². The largest absolute Gasteiger partial charge is 0.496 e. The average molecular weight is 335 g/mol. The molecule has 0 aliphatic carbocycles. The summed E-state index contributed by atoms with van der Waals surface area (Å²) >= 11 is 0. The highest BCUT2D eigenvalue weighted by Gasteiger charge is 2.31. The second-order valence-electron chi connectivity index (χ2n) is 6.34. The molecule has 2 amide bonds.